The number of thiophene rings is 1. The number of carbonyl (C=O) groups excluding carboxylic acids is 1. The van der Waals surface area contributed by atoms with Gasteiger partial charge in [-0.05, 0) is 11.4 Å². The Labute approximate surface area is 106 Å². The average Bonchev–Trinajstić information content (AvgIpc) is 2.96. The number of carbonyl (C=O) groups is 2. The molecule has 1 saturated heterocycles. The fourth-order valence-electron chi connectivity index (χ4n) is 1.59. The number of amides is 1. The molecule has 1 aromatic heterocycles. The molecule has 1 N–H and O–H groups in total. The Morgan fingerprint density at radius 3 is 3.00 bits per heavy atom. The molecule has 0 aromatic carbocycles. The molecule has 0 spiro atoms. The molecule has 0 radical (unpaired) electrons. The van der Waals surface area contributed by atoms with E-state index >= 15 is 0 Å². The van der Waals surface area contributed by atoms with Crippen molar-refractivity contribution in [3.05, 3.63) is 16.3 Å². The Morgan fingerprint density at radius 1 is 1.59 bits per heavy atom. The summed E-state index contributed by atoms with van der Waals surface area (Å²) in [6.07, 6.45) is 0. The number of hydrogen-bond donors (Lipinski definition) is 1. The van der Waals surface area contributed by atoms with Gasteiger partial charge >= 0.3 is 5.97 Å². The number of carboxylic acid groups (broad SMARTS) is 1. The smallest absolute Gasteiger partial charge is 0.327 e. The Kier molecular flexibility index (Phi) is 3.58. The third kappa shape index (κ3) is 2.25. The van der Waals surface area contributed by atoms with E-state index in [1.807, 2.05) is 0 Å². The van der Waals surface area contributed by atoms with Crippen LogP contribution in [0.25, 0.3) is 0 Å². The average molecular weight is 273 g/mol. The normalized spacial score (nSPS) is 19.4. The van der Waals surface area contributed by atoms with Crippen molar-refractivity contribution in [2.24, 2.45) is 0 Å². The van der Waals surface area contributed by atoms with Gasteiger partial charge in [0.15, 0.2) is 0 Å². The largest absolute Gasteiger partial charge is 0.495 e. The lowest BCUT2D eigenvalue weighted by molar-refractivity contribution is -0.140. The molecule has 1 aromatic rings. The molecule has 1 aliphatic rings. The molecule has 17 heavy (non-hydrogen) atoms. The third-order valence-corrected chi connectivity index (χ3v) is 4.37. The van der Waals surface area contributed by atoms with Crippen LogP contribution in [-0.2, 0) is 4.79 Å². The summed E-state index contributed by atoms with van der Waals surface area (Å²) in [5.41, 5.74) is 0. The summed E-state index contributed by atoms with van der Waals surface area (Å²) in [7, 11) is 1.49. The SMILES string of the molecule is COc1ccsc1C(=O)N1CSCC1C(=O)O. The van der Waals surface area contributed by atoms with E-state index in [2.05, 4.69) is 0 Å². The number of carboxylic acids is 1. The van der Waals surface area contributed by atoms with Crippen molar-refractivity contribution in [3.8, 4) is 5.75 Å². The van der Waals surface area contributed by atoms with Gasteiger partial charge in [-0.15, -0.1) is 23.1 Å². The van der Waals surface area contributed by atoms with Crippen LogP contribution in [0.1, 0.15) is 9.67 Å². The molecule has 1 unspecified atom stereocenters. The van der Waals surface area contributed by atoms with Gasteiger partial charge in [-0.2, -0.15) is 0 Å². The highest BCUT2D eigenvalue weighted by atomic mass is 32.2. The van der Waals surface area contributed by atoms with Crippen LogP contribution in [0.15, 0.2) is 11.4 Å². The van der Waals surface area contributed by atoms with Crippen molar-refractivity contribution < 1.29 is 19.4 Å². The van der Waals surface area contributed by atoms with Crippen molar-refractivity contribution in [2.75, 3.05) is 18.7 Å². The molecule has 0 bridgehead atoms. The fraction of sp³-hybridized carbons (Fsp3) is 0.400. The molecule has 1 fully saturated rings. The quantitative estimate of drug-likeness (QED) is 0.900. The molecule has 7 heteroatoms. The van der Waals surface area contributed by atoms with E-state index in [1.165, 1.54) is 35.1 Å². The first-order valence-corrected chi connectivity index (χ1v) is 6.91. The van der Waals surface area contributed by atoms with Crippen molar-refractivity contribution >= 4 is 35.0 Å². The standard InChI is InChI=1S/C10H11NO4S2/c1-15-7-2-3-17-8(7)9(12)11-5-16-4-6(11)10(13)14/h2-3,6H,4-5H2,1H3,(H,13,14). The molecule has 1 amide bonds. The van der Waals surface area contributed by atoms with E-state index < -0.39 is 12.0 Å². The number of nitrogens with zero attached hydrogens (tertiary/aromatic N) is 1. The van der Waals surface area contributed by atoms with E-state index in [-0.39, 0.29) is 5.91 Å². The van der Waals surface area contributed by atoms with E-state index in [4.69, 9.17) is 9.84 Å². The van der Waals surface area contributed by atoms with Gasteiger partial charge in [0.2, 0.25) is 0 Å². The van der Waals surface area contributed by atoms with Crippen LogP contribution in [0.2, 0.25) is 0 Å². The maximum absolute atomic E-state index is 12.2. The Morgan fingerprint density at radius 2 is 2.35 bits per heavy atom. The summed E-state index contributed by atoms with van der Waals surface area (Å²) in [5, 5.41) is 10.8. The minimum atomic E-state index is -0.959. The van der Waals surface area contributed by atoms with Crippen LogP contribution >= 0.6 is 23.1 Å². The zero-order chi connectivity index (χ0) is 12.4. The van der Waals surface area contributed by atoms with Gasteiger partial charge in [-0.1, -0.05) is 0 Å². The van der Waals surface area contributed by atoms with Crippen LogP contribution in [-0.4, -0.2) is 46.7 Å². The molecule has 1 aliphatic heterocycles. The van der Waals surface area contributed by atoms with E-state index in [1.54, 1.807) is 11.4 Å². The molecular formula is C10H11NO4S2. The highest BCUT2D eigenvalue weighted by molar-refractivity contribution is 7.99. The van der Waals surface area contributed by atoms with Crippen LogP contribution in [0.4, 0.5) is 0 Å². The van der Waals surface area contributed by atoms with Crippen LogP contribution in [0, 0.1) is 0 Å². The number of rotatable bonds is 3. The second-order valence-electron chi connectivity index (χ2n) is 3.45. The lowest BCUT2D eigenvalue weighted by atomic mass is 10.3. The summed E-state index contributed by atoms with van der Waals surface area (Å²) in [6, 6.07) is 0.968. The van der Waals surface area contributed by atoms with E-state index in [0.29, 0.717) is 22.3 Å². The zero-order valence-electron chi connectivity index (χ0n) is 9.08. The lowest BCUT2D eigenvalue weighted by Gasteiger charge is -2.19. The lowest BCUT2D eigenvalue weighted by Crippen LogP contribution is -2.41. The minimum absolute atomic E-state index is 0.269. The van der Waals surface area contributed by atoms with Gasteiger partial charge in [0.05, 0.1) is 13.0 Å². The van der Waals surface area contributed by atoms with E-state index in [0.717, 1.165) is 0 Å². The predicted octanol–water partition coefficient (Wildman–Crippen LogP) is 1.36. The van der Waals surface area contributed by atoms with Crippen molar-refractivity contribution in [1.82, 2.24) is 4.90 Å². The topological polar surface area (TPSA) is 66.8 Å². The zero-order valence-corrected chi connectivity index (χ0v) is 10.7. The van der Waals surface area contributed by atoms with Gasteiger partial charge < -0.3 is 14.7 Å². The number of methoxy groups -OCH3 is 1. The maximum atomic E-state index is 12.2. The van der Waals surface area contributed by atoms with Gasteiger partial charge in [0.1, 0.15) is 16.7 Å². The number of thioether (sulfide) groups is 1. The molecule has 5 nitrogen and oxygen atoms in total. The first kappa shape index (κ1) is 12.3. The van der Waals surface area contributed by atoms with Crippen LogP contribution in [0.3, 0.4) is 0 Å². The summed E-state index contributed by atoms with van der Waals surface area (Å²) in [6.45, 7) is 0. The van der Waals surface area contributed by atoms with Gasteiger partial charge in [-0.3, -0.25) is 4.79 Å². The second-order valence-corrected chi connectivity index (χ2v) is 5.36. The predicted molar refractivity (Wildman–Crippen MR) is 65.8 cm³/mol. The molecule has 0 aliphatic carbocycles. The first-order valence-electron chi connectivity index (χ1n) is 4.88. The Balaban J connectivity index is 2.23. The summed E-state index contributed by atoms with van der Waals surface area (Å²) >= 11 is 2.71. The maximum Gasteiger partial charge on any atom is 0.327 e. The highest BCUT2D eigenvalue weighted by Gasteiger charge is 2.36. The highest BCUT2D eigenvalue weighted by Crippen LogP contribution is 2.30. The molecular weight excluding hydrogens is 262 g/mol. The van der Waals surface area contributed by atoms with Gasteiger partial charge in [0, 0.05) is 5.75 Å². The van der Waals surface area contributed by atoms with Crippen LogP contribution < -0.4 is 4.74 Å². The van der Waals surface area contributed by atoms with Gasteiger partial charge in [0.25, 0.3) is 5.91 Å². The Bertz CT molecular complexity index is 445. The number of hydrogen-bond acceptors (Lipinski definition) is 5. The molecule has 92 valence electrons. The Hall–Kier alpha value is -1.21. The minimum Gasteiger partial charge on any atom is -0.495 e. The monoisotopic (exact) mass is 273 g/mol. The third-order valence-electron chi connectivity index (χ3n) is 2.47. The van der Waals surface area contributed by atoms with Crippen molar-refractivity contribution in [1.29, 1.82) is 0 Å². The summed E-state index contributed by atoms with van der Waals surface area (Å²) in [4.78, 5) is 25.0. The fourth-order valence-corrected chi connectivity index (χ4v) is 3.55. The number of ether oxygens (including phenoxy) is 1. The van der Waals surface area contributed by atoms with Crippen LogP contribution in [0.5, 0.6) is 5.75 Å². The van der Waals surface area contributed by atoms with Crippen molar-refractivity contribution in [2.45, 2.75) is 6.04 Å². The van der Waals surface area contributed by atoms with E-state index in [9.17, 15) is 9.59 Å². The summed E-state index contributed by atoms with van der Waals surface area (Å²) < 4.78 is 5.07. The molecule has 1 atom stereocenters. The second kappa shape index (κ2) is 4.97. The molecule has 0 saturated carbocycles. The number of aliphatic carboxylic acids is 1. The first-order chi connectivity index (χ1) is 8.15. The molecule has 2 heterocycles. The van der Waals surface area contributed by atoms with Crippen molar-refractivity contribution in [3.63, 3.8) is 0 Å². The summed E-state index contributed by atoms with van der Waals surface area (Å²) in [5.74, 6) is 0.125. The van der Waals surface area contributed by atoms with Gasteiger partial charge in [-0.25, -0.2) is 4.79 Å². The molecule has 2 rings (SSSR count).